The molecule has 0 fully saturated rings. The smallest absolute Gasteiger partial charge is 0.279 e. The number of carbonyl (C=O) groups excluding carboxylic acids is 1. The van der Waals surface area contributed by atoms with Crippen molar-refractivity contribution in [3.8, 4) is 5.88 Å². The van der Waals surface area contributed by atoms with Crippen LogP contribution in [-0.4, -0.2) is 15.6 Å². The Balaban J connectivity index is 1.34. The van der Waals surface area contributed by atoms with Crippen LogP contribution in [0.5, 0.6) is 5.88 Å². The zero-order valence-corrected chi connectivity index (χ0v) is 43.9. The van der Waals surface area contributed by atoms with Gasteiger partial charge in [0.05, 0.1) is 31.2 Å². The van der Waals surface area contributed by atoms with Crippen LogP contribution in [0.2, 0.25) is 0 Å². The fourth-order valence-electron chi connectivity index (χ4n) is 11.1. The van der Waals surface area contributed by atoms with Crippen LogP contribution in [0.3, 0.4) is 0 Å². The molecule has 2 aromatic carbocycles. The van der Waals surface area contributed by atoms with Gasteiger partial charge >= 0.3 is 0 Å². The lowest BCUT2D eigenvalue weighted by Gasteiger charge is -2.20. The number of hydrogen-bond donors (Lipinski definition) is 1. The van der Waals surface area contributed by atoms with E-state index in [1.54, 1.807) is 11.3 Å². The maximum absolute atomic E-state index is 14.2. The third kappa shape index (κ3) is 14.8. The monoisotopic (exact) mass is 935 g/mol. The van der Waals surface area contributed by atoms with E-state index in [4.69, 9.17) is 4.99 Å². The van der Waals surface area contributed by atoms with Gasteiger partial charge in [-0.2, -0.15) is 0 Å². The van der Waals surface area contributed by atoms with E-state index in [2.05, 4.69) is 68.7 Å². The fourth-order valence-corrected chi connectivity index (χ4v) is 13.7. The number of unbranched alkanes of at least 4 members (excludes halogenated alkanes) is 24. The highest BCUT2D eigenvalue weighted by Crippen LogP contribution is 2.47. The van der Waals surface area contributed by atoms with Crippen LogP contribution in [0.15, 0.2) is 47.5 Å². The standard InChI is InChI=1S/C60H90N2O2S2/c1-5-9-13-17-21-23-27-30-37-46(36-29-25-19-15-11-7-3)44-48-40-35-42-50-55-58(66-56(48)50)53(52-57-54(61-59(52)63)49-41-33-34-43-51(49)65-57)60(64)62(55)45-47(38-31-26-20-16-12-8-4)39-32-28-24-22-18-14-10-6-2/h33-35,40-43,46-47,64H,5-32,36-39,44-45H2,1-4H3/t46?,47-/m1/s1. The van der Waals surface area contributed by atoms with E-state index < -0.39 is 0 Å². The summed E-state index contributed by atoms with van der Waals surface area (Å²) in [5, 5.41) is 15.8. The first kappa shape index (κ1) is 52.4. The van der Waals surface area contributed by atoms with E-state index in [0.29, 0.717) is 17.4 Å². The number of carbonyl (C=O) groups is 1. The van der Waals surface area contributed by atoms with Crippen LogP contribution in [0.1, 0.15) is 244 Å². The van der Waals surface area contributed by atoms with E-state index in [0.717, 1.165) is 48.7 Å². The van der Waals surface area contributed by atoms with Crippen molar-refractivity contribution < 1.29 is 9.90 Å². The van der Waals surface area contributed by atoms with E-state index in [1.807, 2.05) is 17.4 Å². The predicted octanol–water partition coefficient (Wildman–Crippen LogP) is 18.5. The Hall–Kier alpha value is -2.96. The summed E-state index contributed by atoms with van der Waals surface area (Å²) in [7, 11) is 0. The molecule has 6 heteroatoms. The Bertz CT molecular complexity index is 2310. The summed E-state index contributed by atoms with van der Waals surface area (Å²) in [4.78, 5) is 18.9. The first-order valence-electron chi connectivity index (χ1n) is 27.9. The summed E-state index contributed by atoms with van der Waals surface area (Å²) in [5.74, 6) is 1.22. The number of nitrogens with zero attached hydrogens (tertiary/aromatic N) is 2. The number of benzene rings is 2. The molecular weight excluding hydrogens is 845 g/mol. The summed E-state index contributed by atoms with van der Waals surface area (Å²) in [5.41, 5.74) is 3.92. The summed E-state index contributed by atoms with van der Waals surface area (Å²) in [6, 6.07) is 15.3. The number of hydrogen-bond acceptors (Lipinski definition) is 4. The van der Waals surface area contributed by atoms with Crippen molar-refractivity contribution in [3.63, 3.8) is 0 Å². The molecule has 1 aliphatic heterocycles. The maximum Gasteiger partial charge on any atom is 0.279 e. The summed E-state index contributed by atoms with van der Waals surface area (Å²) < 4.78 is 6.76. The number of rotatable bonds is 37. The van der Waals surface area contributed by atoms with E-state index in [-0.39, 0.29) is 11.8 Å². The van der Waals surface area contributed by atoms with Gasteiger partial charge in [0.25, 0.3) is 5.91 Å². The summed E-state index contributed by atoms with van der Waals surface area (Å²) in [6.07, 6.45) is 43.5. The number of aromatic nitrogens is 1. The zero-order valence-electron chi connectivity index (χ0n) is 42.3. The lowest BCUT2D eigenvalue weighted by Crippen LogP contribution is -2.17. The minimum Gasteiger partial charge on any atom is -0.494 e. The second kappa shape index (κ2) is 29.2. The predicted molar refractivity (Wildman–Crippen MR) is 290 cm³/mol. The molecule has 1 amide bonds. The molecule has 0 saturated heterocycles. The third-order valence-electron chi connectivity index (χ3n) is 15.0. The first-order valence-corrected chi connectivity index (χ1v) is 29.5. The van der Waals surface area contributed by atoms with Crippen LogP contribution < -0.4 is 9.89 Å². The lowest BCUT2D eigenvalue weighted by molar-refractivity contribution is -0.112. The van der Waals surface area contributed by atoms with Gasteiger partial charge in [-0.3, -0.25) is 4.79 Å². The molecule has 0 aliphatic carbocycles. The molecule has 4 heterocycles. The molecule has 66 heavy (non-hydrogen) atoms. The molecule has 6 rings (SSSR count). The Morgan fingerprint density at radius 1 is 0.530 bits per heavy atom. The van der Waals surface area contributed by atoms with Crippen molar-refractivity contribution >= 4 is 64.5 Å². The second-order valence-corrected chi connectivity index (χ2v) is 22.6. The third-order valence-corrected chi connectivity index (χ3v) is 17.5. The van der Waals surface area contributed by atoms with Crippen molar-refractivity contribution in [2.24, 2.45) is 16.8 Å². The largest absolute Gasteiger partial charge is 0.494 e. The molecule has 1 N–H and O–H groups in total. The summed E-state index contributed by atoms with van der Waals surface area (Å²) >= 11 is 3.49. The molecule has 2 atom stereocenters. The molecule has 0 spiro atoms. The van der Waals surface area contributed by atoms with E-state index >= 15 is 0 Å². The van der Waals surface area contributed by atoms with Gasteiger partial charge in [0, 0.05) is 26.7 Å². The molecule has 4 nitrogen and oxygen atoms in total. The molecule has 1 unspecified atom stereocenters. The Morgan fingerprint density at radius 3 is 1.53 bits per heavy atom. The van der Waals surface area contributed by atoms with Gasteiger partial charge in [0.1, 0.15) is 0 Å². The number of aromatic hydroxyl groups is 1. The SMILES string of the molecule is CCCCCCCCCCC(CCCCCCCC)Cc1cccc2c1sc1c(C3=c4sc5ccccc5c4=NC3=O)c(O)n(C[C@H](CCCCCCCC)CCCCCCCCCC)c12. The van der Waals surface area contributed by atoms with Crippen molar-refractivity contribution in [2.75, 3.05) is 0 Å². The molecule has 0 bridgehead atoms. The minimum atomic E-state index is -0.207. The number of fused-ring (bicyclic) bond motifs is 6. The fraction of sp³-hybridized carbons (Fsp3) is 0.667. The van der Waals surface area contributed by atoms with Gasteiger partial charge in [-0.25, -0.2) is 4.99 Å². The molecular formula is C60H90N2O2S2. The molecule has 3 aromatic heterocycles. The quantitative estimate of drug-likeness (QED) is 0.0404. The molecule has 0 saturated carbocycles. The van der Waals surface area contributed by atoms with E-state index in [1.165, 1.54) is 221 Å². The maximum atomic E-state index is 14.2. The Kier molecular flexibility index (Phi) is 23.2. The van der Waals surface area contributed by atoms with Crippen molar-refractivity contribution in [1.29, 1.82) is 0 Å². The van der Waals surface area contributed by atoms with Gasteiger partial charge in [0.15, 0.2) is 0 Å². The van der Waals surface area contributed by atoms with Gasteiger partial charge in [-0.1, -0.05) is 257 Å². The normalized spacial score (nSPS) is 13.8. The number of thiophene rings is 2. The minimum absolute atomic E-state index is 0.207. The molecule has 364 valence electrons. The molecule has 0 radical (unpaired) electrons. The van der Waals surface area contributed by atoms with Crippen LogP contribution in [-0.2, 0) is 17.8 Å². The summed E-state index contributed by atoms with van der Waals surface area (Å²) in [6.45, 7) is 10.0. The van der Waals surface area contributed by atoms with Gasteiger partial charge in [0.2, 0.25) is 5.88 Å². The molecule has 1 aliphatic rings. The number of amides is 1. The van der Waals surface area contributed by atoms with Crippen LogP contribution in [0.25, 0.3) is 36.0 Å². The first-order chi connectivity index (χ1) is 32.5. The van der Waals surface area contributed by atoms with Gasteiger partial charge in [-0.15, -0.1) is 22.7 Å². The molecule has 5 aromatic rings. The Labute approximate surface area is 409 Å². The van der Waals surface area contributed by atoms with Crippen molar-refractivity contribution in [2.45, 2.75) is 246 Å². The average molecular weight is 936 g/mol. The van der Waals surface area contributed by atoms with Crippen LogP contribution in [0, 0.1) is 11.8 Å². The van der Waals surface area contributed by atoms with Crippen LogP contribution in [0.4, 0.5) is 0 Å². The zero-order chi connectivity index (χ0) is 46.4. The topological polar surface area (TPSA) is 54.6 Å². The van der Waals surface area contributed by atoms with Gasteiger partial charge < -0.3 is 9.67 Å². The van der Waals surface area contributed by atoms with Crippen molar-refractivity contribution in [3.05, 3.63) is 63.5 Å². The van der Waals surface area contributed by atoms with Crippen LogP contribution >= 0.6 is 22.7 Å². The average Bonchev–Trinajstić information content (AvgIpc) is 4.04. The van der Waals surface area contributed by atoms with Crippen molar-refractivity contribution in [1.82, 2.24) is 4.57 Å². The Morgan fingerprint density at radius 2 is 1.00 bits per heavy atom. The second-order valence-electron chi connectivity index (χ2n) is 20.5. The van der Waals surface area contributed by atoms with E-state index in [9.17, 15) is 9.90 Å². The highest BCUT2D eigenvalue weighted by molar-refractivity contribution is 7.26. The van der Waals surface area contributed by atoms with Gasteiger partial charge in [-0.05, 0) is 42.7 Å². The lowest BCUT2D eigenvalue weighted by atomic mass is 9.88. The highest BCUT2D eigenvalue weighted by Gasteiger charge is 2.32. The highest BCUT2D eigenvalue weighted by atomic mass is 32.1.